The van der Waals surface area contributed by atoms with Gasteiger partial charge in [-0.2, -0.15) is 0 Å². The Labute approximate surface area is 96.7 Å². The van der Waals surface area contributed by atoms with Crippen LogP contribution in [-0.2, 0) is 12.8 Å². The molecule has 1 heterocycles. The van der Waals surface area contributed by atoms with E-state index in [0.717, 1.165) is 24.6 Å². The second-order valence-corrected chi connectivity index (χ2v) is 5.16. The van der Waals surface area contributed by atoms with Gasteiger partial charge in [-0.3, -0.25) is 0 Å². The number of nitrogens with zero attached hydrogens (tertiary/aromatic N) is 2. The minimum atomic E-state index is 0.625. The standard InChI is InChI=1S/C13H19N3/c1-9-4-2-6-11(9)16-13-10-5-3-7-12(10)14-8-15-13/h8-9,11H,2-7H2,1H3,(H,14,15,16). The Kier molecular flexibility index (Phi) is 2.54. The van der Waals surface area contributed by atoms with E-state index in [-0.39, 0.29) is 0 Å². The van der Waals surface area contributed by atoms with Crippen LogP contribution in [0.1, 0.15) is 43.9 Å². The number of rotatable bonds is 2. The third kappa shape index (κ3) is 1.68. The Bertz CT molecular complexity index is 389. The molecular weight excluding hydrogens is 198 g/mol. The first-order valence-corrected chi connectivity index (χ1v) is 6.44. The molecule has 0 bridgehead atoms. The fraction of sp³-hybridized carbons (Fsp3) is 0.692. The molecule has 86 valence electrons. The fourth-order valence-corrected chi connectivity index (χ4v) is 3.02. The SMILES string of the molecule is CC1CCCC1Nc1ncnc2c1CCC2. The first-order valence-electron chi connectivity index (χ1n) is 6.44. The quantitative estimate of drug-likeness (QED) is 0.827. The van der Waals surface area contributed by atoms with E-state index < -0.39 is 0 Å². The van der Waals surface area contributed by atoms with E-state index in [1.807, 2.05) is 0 Å². The van der Waals surface area contributed by atoms with Gasteiger partial charge in [0.15, 0.2) is 0 Å². The Morgan fingerprint density at radius 3 is 2.94 bits per heavy atom. The van der Waals surface area contributed by atoms with Crippen molar-refractivity contribution in [1.82, 2.24) is 9.97 Å². The summed E-state index contributed by atoms with van der Waals surface area (Å²) in [6, 6.07) is 0.625. The molecule has 0 spiro atoms. The van der Waals surface area contributed by atoms with Crippen LogP contribution in [0.15, 0.2) is 6.33 Å². The number of aryl methyl sites for hydroxylation is 1. The normalized spacial score (nSPS) is 28.1. The lowest BCUT2D eigenvalue weighted by Crippen LogP contribution is -2.23. The van der Waals surface area contributed by atoms with Crippen molar-refractivity contribution in [2.45, 2.75) is 51.5 Å². The van der Waals surface area contributed by atoms with Crippen molar-refractivity contribution < 1.29 is 0 Å². The first-order chi connectivity index (χ1) is 7.84. The van der Waals surface area contributed by atoms with Crippen LogP contribution in [0.3, 0.4) is 0 Å². The van der Waals surface area contributed by atoms with E-state index in [1.54, 1.807) is 6.33 Å². The average Bonchev–Trinajstić information content (AvgIpc) is 2.89. The van der Waals surface area contributed by atoms with Crippen molar-refractivity contribution in [2.75, 3.05) is 5.32 Å². The van der Waals surface area contributed by atoms with Crippen LogP contribution in [0.5, 0.6) is 0 Å². The molecule has 0 saturated heterocycles. The van der Waals surface area contributed by atoms with Gasteiger partial charge in [-0.1, -0.05) is 13.3 Å². The zero-order chi connectivity index (χ0) is 11.0. The highest BCUT2D eigenvalue weighted by atomic mass is 15.0. The highest BCUT2D eigenvalue weighted by molar-refractivity contribution is 5.48. The summed E-state index contributed by atoms with van der Waals surface area (Å²) in [6.07, 6.45) is 9.23. The molecule has 0 radical (unpaired) electrons. The van der Waals surface area contributed by atoms with Crippen LogP contribution in [0.2, 0.25) is 0 Å². The Hall–Kier alpha value is -1.12. The summed E-state index contributed by atoms with van der Waals surface area (Å²) in [7, 11) is 0. The number of aromatic nitrogens is 2. The fourth-order valence-electron chi connectivity index (χ4n) is 3.02. The molecule has 2 aliphatic rings. The van der Waals surface area contributed by atoms with E-state index in [0.29, 0.717) is 6.04 Å². The van der Waals surface area contributed by atoms with Crippen LogP contribution < -0.4 is 5.32 Å². The van der Waals surface area contributed by atoms with Crippen LogP contribution in [0, 0.1) is 5.92 Å². The second kappa shape index (κ2) is 4.04. The number of fused-ring (bicyclic) bond motifs is 1. The highest BCUT2D eigenvalue weighted by Gasteiger charge is 2.25. The summed E-state index contributed by atoms with van der Waals surface area (Å²) in [5.41, 5.74) is 2.64. The molecule has 1 fully saturated rings. The van der Waals surface area contributed by atoms with Gasteiger partial charge < -0.3 is 5.32 Å². The smallest absolute Gasteiger partial charge is 0.133 e. The predicted molar refractivity (Wildman–Crippen MR) is 64.5 cm³/mol. The molecule has 0 amide bonds. The van der Waals surface area contributed by atoms with Gasteiger partial charge in [-0.25, -0.2) is 9.97 Å². The van der Waals surface area contributed by atoms with E-state index in [2.05, 4.69) is 22.2 Å². The summed E-state index contributed by atoms with van der Waals surface area (Å²) >= 11 is 0. The topological polar surface area (TPSA) is 37.8 Å². The maximum Gasteiger partial charge on any atom is 0.133 e. The summed E-state index contributed by atoms with van der Waals surface area (Å²) < 4.78 is 0. The highest BCUT2D eigenvalue weighted by Crippen LogP contribution is 2.31. The van der Waals surface area contributed by atoms with E-state index in [9.17, 15) is 0 Å². The van der Waals surface area contributed by atoms with Gasteiger partial charge in [0.05, 0.1) is 0 Å². The molecule has 1 aromatic rings. The summed E-state index contributed by atoms with van der Waals surface area (Å²) in [6.45, 7) is 2.34. The molecule has 0 aliphatic heterocycles. The maximum absolute atomic E-state index is 4.43. The van der Waals surface area contributed by atoms with Crippen molar-refractivity contribution in [3.05, 3.63) is 17.6 Å². The monoisotopic (exact) mass is 217 g/mol. The molecule has 1 aromatic heterocycles. The molecule has 2 aliphatic carbocycles. The molecule has 0 aromatic carbocycles. The van der Waals surface area contributed by atoms with E-state index in [4.69, 9.17) is 0 Å². The van der Waals surface area contributed by atoms with Crippen LogP contribution >= 0.6 is 0 Å². The molecule has 2 unspecified atom stereocenters. The van der Waals surface area contributed by atoms with Crippen LogP contribution in [0.4, 0.5) is 5.82 Å². The average molecular weight is 217 g/mol. The molecule has 2 atom stereocenters. The van der Waals surface area contributed by atoms with E-state index >= 15 is 0 Å². The Balaban J connectivity index is 1.82. The third-order valence-corrected chi connectivity index (χ3v) is 4.06. The lowest BCUT2D eigenvalue weighted by Gasteiger charge is -2.19. The molecule has 16 heavy (non-hydrogen) atoms. The van der Waals surface area contributed by atoms with Crippen LogP contribution in [0.25, 0.3) is 0 Å². The Morgan fingerprint density at radius 2 is 2.12 bits per heavy atom. The second-order valence-electron chi connectivity index (χ2n) is 5.16. The van der Waals surface area contributed by atoms with Crippen molar-refractivity contribution in [1.29, 1.82) is 0 Å². The summed E-state index contributed by atoms with van der Waals surface area (Å²) in [4.78, 5) is 8.79. The van der Waals surface area contributed by atoms with Gasteiger partial charge in [0.2, 0.25) is 0 Å². The van der Waals surface area contributed by atoms with Crippen molar-refractivity contribution in [3.8, 4) is 0 Å². The minimum Gasteiger partial charge on any atom is -0.367 e. The van der Waals surface area contributed by atoms with Crippen LogP contribution in [-0.4, -0.2) is 16.0 Å². The lowest BCUT2D eigenvalue weighted by molar-refractivity contribution is 0.554. The Morgan fingerprint density at radius 1 is 1.19 bits per heavy atom. The molecule has 3 heteroatoms. The largest absolute Gasteiger partial charge is 0.367 e. The first kappa shape index (κ1) is 10.1. The zero-order valence-electron chi connectivity index (χ0n) is 9.87. The number of nitrogens with one attached hydrogen (secondary N) is 1. The summed E-state index contributed by atoms with van der Waals surface area (Å²) in [5.74, 6) is 1.90. The van der Waals surface area contributed by atoms with Gasteiger partial charge in [0, 0.05) is 17.3 Å². The molecule has 3 rings (SSSR count). The van der Waals surface area contributed by atoms with Gasteiger partial charge in [0.25, 0.3) is 0 Å². The summed E-state index contributed by atoms with van der Waals surface area (Å²) in [5, 5.41) is 3.64. The molecular formula is C13H19N3. The van der Waals surface area contributed by atoms with Crippen molar-refractivity contribution >= 4 is 5.82 Å². The predicted octanol–water partition coefficient (Wildman–Crippen LogP) is 2.57. The molecule has 3 nitrogen and oxygen atoms in total. The van der Waals surface area contributed by atoms with Crippen molar-refractivity contribution in [2.24, 2.45) is 5.92 Å². The van der Waals surface area contributed by atoms with Crippen molar-refractivity contribution in [3.63, 3.8) is 0 Å². The third-order valence-electron chi connectivity index (χ3n) is 4.06. The zero-order valence-corrected chi connectivity index (χ0v) is 9.87. The number of hydrogen-bond acceptors (Lipinski definition) is 3. The molecule has 1 N–H and O–H groups in total. The molecule has 1 saturated carbocycles. The number of hydrogen-bond donors (Lipinski definition) is 1. The van der Waals surface area contributed by atoms with E-state index in [1.165, 1.54) is 36.9 Å². The van der Waals surface area contributed by atoms with Gasteiger partial charge in [-0.15, -0.1) is 0 Å². The maximum atomic E-state index is 4.43. The minimum absolute atomic E-state index is 0.625. The lowest BCUT2D eigenvalue weighted by atomic mass is 10.1. The van der Waals surface area contributed by atoms with Gasteiger partial charge >= 0.3 is 0 Å². The van der Waals surface area contributed by atoms with Gasteiger partial charge in [0.1, 0.15) is 12.1 Å². The van der Waals surface area contributed by atoms with Gasteiger partial charge in [-0.05, 0) is 38.0 Å². The number of anilines is 1.